The number of aryl methyl sites for hydroxylation is 1. The third-order valence-corrected chi connectivity index (χ3v) is 2.58. The number of halogens is 3. The van der Waals surface area contributed by atoms with E-state index in [2.05, 4.69) is 5.32 Å². The normalized spacial score (nSPS) is 13.1. The van der Waals surface area contributed by atoms with Gasteiger partial charge in [-0.15, -0.1) is 0 Å². The van der Waals surface area contributed by atoms with E-state index in [1.807, 2.05) is 0 Å². The lowest BCUT2D eigenvalue weighted by atomic mass is 10.1. The molecule has 6 nitrogen and oxygen atoms in total. The topological polar surface area (TPSA) is 95.6 Å². The van der Waals surface area contributed by atoms with Crippen molar-refractivity contribution in [3.8, 4) is 0 Å². The van der Waals surface area contributed by atoms with Crippen LogP contribution in [-0.4, -0.2) is 34.4 Å². The molecule has 0 amide bonds. The minimum absolute atomic E-state index is 0.145. The molecule has 1 atom stereocenters. The Bertz CT molecular complexity index is 505. The number of nitrogens with zero attached hydrogens (tertiary/aromatic N) is 1. The molecule has 20 heavy (non-hydrogen) atoms. The van der Waals surface area contributed by atoms with Crippen molar-refractivity contribution in [2.24, 2.45) is 0 Å². The standard InChI is InChI=1S/C11H13F3N2O4/c1-6-2-9(15-4-7(18)5-17)10(16(19)20)3-8(6)11(12,13)14/h2-3,7,15,17-18H,4-5H2,1H3. The number of nitro benzene ring substituents is 1. The van der Waals surface area contributed by atoms with Gasteiger partial charge in [0.05, 0.1) is 23.2 Å². The zero-order valence-corrected chi connectivity index (χ0v) is 10.4. The third kappa shape index (κ3) is 3.81. The van der Waals surface area contributed by atoms with Gasteiger partial charge in [0.15, 0.2) is 0 Å². The molecule has 0 saturated heterocycles. The maximum atomic E-state index is 12.7. The van der Waals surface area contributed by atoms with Crippen LogP contribution >= 0.6 is 0 Å². The van der Waals surface area contributed by atoms with E-state index in [1.165, 1.54) is 6.92 Å². The van der Waals surface area contributed by atoms with Gasteiger partial charge in [-0.1, -0.05) is 0 Å². The van der Waals surface area contributed by atoms with Crippen LogP contribution in [0.2, 0.25) is 0 Å². The number of nitrogens with one attached hydrogen (secondary N) is 1. The fraction of sp³-hybridized carbons (Fsp3) is 0.455. The molecule has 1 aromatic rings. The smallest absolute Gasteiger partial charge is 0.394 e. The minimum atomic E-state index is -4.68. The lowest BCUT2D eigenvalue weighted by molar-refractivity contribution is -0.384. The van der Waals surface area contributed by atoms with Crippen molar-refractivity contribution < 1.29 is 28.3 Å². The van der Waals surface area contributed by atoms with Gasteiger partial charge in [0.25, 0.3) is 5.69 Å². The van der Waals surface area contributed by atoms with E-state index in [9.17, 15) is 23.3 Å². The summed E-state index contributed by atoms with van der Waals surface area (Å²) < 4.78 is 38.0. The Kier molecular flexibility index (Phi) is 4.90. The van der Waals surface area contributed by atoms with Crippen LogP contribution in [0.5, 0.6) is 0 Å². The first-order valence-corrected chi connectivity index (χ1v) is 5.55. The number of hydrogen-bond donors (Lipinski definition) is 3. The highest BCUT2D eigenvalue weighted by atomic mass is 19.4. The second kappa shape index (κ2) is 6.06. The van der Waals surface area contributed by atoms with E-state index in [0.717, 1.165) is 6.07 Å². The molecule has 0 spiro atoms. The van der Waals surface area contributed by atoms with Crippen LogP contribution in [0.3, 0.4) is 0 Å². The van der Waals surface area contributed by atoms with E-state index < -0.39 is 35.1 Å². The highest BCUT2D eigenvalue weighted by Gasteiger charge is 2.35. The van der Waals surface area contributed by atoms with Crippen molar-refractivity contribution >= 4 is 11.4 Å². The number of benzene rings is 1. The molecule has 3 N–H and O–H groups in total. The van der Waals surface area contributed by atoms with Crippen LogP contribution in [-0.2, 0) is 6.18 Å². The molecule has 0 saturated carbocycles. The Labute approximate surface area is 112 Å². The molecule has 0 aliphatic rings. The summed E-state index contributed by atoms with van der Waals surface area (Å²) in [6.07, 6.45) is -5.85. The molecule has 0 aliphatic carbocycles. The Morgan fingerprint density at radius 2 is 2.05 bits per heavy atom. The Morgan fingerprint density at radius 3 is 2.50 bits per heavy atom. The average molecular weight is 294 g/mol. The third-order valence-electron chi connectivity index (χ3n) is 2.58. The summed E-state index contributed by atoms with van der Waals surface area (Å²) in [6.45, 7) is 0.392. The quantitative estimate of drug-likeness (QED) is 0.567. The van der Waals surface area contributed by atoms with Gasteiger partial charge in [-0.2, -0.15) is 13.2 Å². The van der Waals surface area contributed by atoms with Gasteiger partial charge >= 0.3 is 6.18 Å². The van der Waals surface area contributed by atoms with Crippen LogP contribution in [0.1, 0.15) is 11.1 Å². The zero-order valence-electron chi connectivity index (χ0n) is 10.4. The summed E-state index contributed by atoms with van der Waals surface area (Å²) >= 11 is 0. The summed E-state index contributed by atoms with van der Waals surface area (Å²) in [7, 11) is 0. The molecule has 0 radical (unpaired) electrons. The molecular formula is C11H13F3N2O4. The van der Waals surface area contributed by atoms with E-state index in [4.69, 9.17) is 10.2 Å². The van der Waals surface area contributed by atoms with Gasteiger partial charge in [-0.05, 0) is 18.6 Å². The van der Waals surface area contributed by atoms with E-state index in [-0.39, 0.29) is 17.8 Å². The number of anilines is 1. The molecule has 112 valence electrons. The second-order valence-electron chi connectivity index (χ2n) is 4.16. The highest BCUT2D eigenvalue weighted by molar-refractivity contribution is 5.65. The molecule has 0 aromatic heterocycles. The van der Waals surface area contributed by atoms with Crippen LogP contribution < -0.4 is 5.32 Å². The molecule has 1 rings (SSSR count). The largest absolute Gasteiger partial charge is 0.416 e. The molecule has 0 aliphatic heterocycles. The molecule has 1 aromatic carbocycles. The van der Waals surface area contributed by atoms with E-state index >= 15 is 0 Å². The molecule has 9 heteroatoms. The Hall–Kier alpha value is -1.87. The predicted octanol–water partition coefficient (Wildman–Crippen LogP) is 1.69. The van der Waals surface area contributed by atoms with Crippen molar-refractivity contribution in [2.75, 3.05) is 18.5 Å². The first-order valence-electron chi connectivity index (χ1n) is 5.55. The number of hydrogen-bond acceptors (Lipinski definition) is 5. The fourth-order valence-electron chi connectivity index (χ4n) is 1.59. The van der Waals surface area contributed by atoms with Crippen LogP contribution in [0.15, 0.2) is 12.1 Å². The molecule has 0 fully saturated rings. The SMILES string of the molecule is Cc1cc(NCC(O)CO)c([N+](=O)[O-])cc1C(F)(F)F. The summed E-state index contributed by atoms with van der Waals surface area (Å²) in [6, 6.07) is 1.44. The minimum Gasteiger partial charge on any atom is -0.394 e. The number of aliphatic hydroxyl groups is 2. The molecule has 0 bridgehead atoms. The molecular weight excluding hydrogens is 281 g/mol. The zero-order chi connectivity index (χ0) is 15.5. The van der Waals surface area contributed by atoms with Crippen molar-refractivity contribution in [1.82, 2.24) is 0 Å². The first kappa shape index (κ1) is 16.2. The van der Waals surface area contributed by atoms with Gasteiger partial charge in [0.2, 0.25) is 0 Å². The Balaban J connectivity index is 3.18. The lowest BCUT2D eigenvalue weighted by Crippen LogP contribution is -2.23. The summed E-state index contributed by atoms with van der Waals surface area (Å²) in [5.74, 6) is 0. The summed E-state index contributed by atoms with van der Waals surface area (Å²) in [5, 5.41) is 31.0. The second-order valence-corrected chi connectivity index (χ2v) is 4.16. The van der Waals surface area contributed by atoms with Gasteiger partial charge < -0.3 is 15.5 Å². The van der Waals surface area contributed by atoms with Crippen LogP contribution in [0.4, 0.5) is 24.5 Å². The van der Waals surface area contributed by atoms with Gasteiger partial charge in [0.1, 0.15) is 5.69 Å². The van der Waals surface area contributed by atoms with Crippen LogP contribution in [0.25, 0.3) is 0 Å². The van der Waals surface area contributed by atoms with Crippen molar-refractivity contribution in [1.29, 1.82) is 0 Å². The van der Waals surface area contributed by atoms with E-state index in [0.29, 0.717) is 6.07 Å². The highest BCUT2D eigenvalue weighted by Crippen LogP contribution is 2.37. The predicted molar refractivity (Wildman–Crippen MR) is 64.4 cm³/mol. The maximum Gasteiger partial charge on any atom is 0.416 e. The fourth-order valence-corrected chi connectivity index (χ4v) is 1.59. The molecule has 1 unspecified atom stereocenters. The van der Waals surface area contributed by atoms with E-state index in [1.54, 1.807) is 0 Å². The maximum absolute atomic E-state index is 12.7. The summed E-state index contributed by atoms with van der Waals surface area (Å²) in [4.78, 5) is 9.87. The number of rotatable bonds is 5. The molecule has 0 heterocycles. The monoisotopic (exact) mass is 294 g/mol. The van der Waals surface area contributed by atoms with Gasteiger partial charge in [-0.3, -0.25) is 10.1 Å². The van der Waals surface area contributed by atoms with Crippen molar-refractivity contribution in [2.45, 2.75) is 19.2 Å². The van der Waals surface area contributed by atoms with Gasteiger partial charge in [0, 0.05) is 12.6 Å². The number of aliphatic hydroxyl groups excluding tert-OH is 2. The van der Waals surface area contributed by atoms with Gasteiger partial charge in [-0.25, -0.2) is 0 Å². The van der Waals surface area contributed by atoms with Crippen LogP contribution in [0, 0.1) is 17.0 Å². The average Bonchev–Trinajstić information content (AvgIpc) is 2.33. The number of nitro groups is 1. The van der Waals surface area contributed by atoms with Crippen molar-refractivity contribution in [3.63, 3.8) is 0 Å². The Morgan fingerprint density at radius 1 is 1.45 bits per heavy atom. The lowest BCUT2D eigenvalue weighted by Gasteiger charge is -2.14. The van der Waals surface area contributed by atoms with Crippen molar-refractivity contribution in [3.05, 3.63) is 33.4 Å². The summed E-state index contributed by atoms with van der Waals surface area (Å²) in [5.41, 5.74) is -2.15. The first-order chi connectivity index (χ1) is 9.16. The number of alkyl halides is 3.